The van der Waals surface area contributed by atoms with Crippen molar-refractivity contribution in [3.8, 4) is 5.75 Å². The number of amides is 1. The number of methoxy groups -OCH3 is 1. The van der Waals surface area contributed by atoms with Gasteiger partial charge in [-0.05, 0) is 31.5 Å². The fourth-order valence-corrected chi connectivity index (χ4v) is 3.53. The smallest absolute Gasteiger partial charge is 0.272 e. The molecule has 1 amide bonds. The van der Waals surface area contributed by atoms with E-state index in [0.29, 0.717) is 24.7 Å². The van der Waals surface area contributed by atoms with Gasteiger partial charge in [-0.25, -0.2) is 9.97 Å². The highest BCUT2D eigenvalue weighted by molar-refractivity contribution is 5.93. The van der Waals surface area contributed by atoms with E-state index < -0.39 is 0 Å². The Hall–Kier alpha value is -2.83. The third-order valence-electron chi connectivity index (χ3n) is 5.24. The number of hydrogen-bond acceptors (Lipinski definition) is 6. The molecule has 0 bridgehead atoms. The van der Waals surface area contributed by atoms with Crippen LogP contribution in [-0.2, 0) is 0 Å². The molecular weight excluding hydrogens is 366 g/mol. The summed E-state index contributed by atoms with van der Waals surface area (Å²) in [5.41, 5.74) is 2.36. The number of aromatic nitrogens is 2. The minimum Gasteiger partial charge on any atom is -0.495 e. The number of anilines is 2. The van der Waals surface area contributed by atoms with Crippen LogP contribution in [0.15, 0.2) is 30.3 Å². The SMILES string of the molecule is CCCCN(C)c1nc(C)cc(C(=O)N2CCN(c3ccccc3OC)CC2)n1. The predicted molar refractivity (Wildman–Crippen MR) is 116 cm³/mol. The van der Waals surface area contributed by atoms with E-state index >= 15 is 0 Å². The van der Waals surface area contributed by atoms with Crippen LogP contribution in [0.4, 0.5) is 11.6 Å². The average molecular weight is 398 g/mol. The molecule has 1 saturated heterocycles. The minimum atomic E-state index is -0.0275. The number of unbranched alkanes of at least 4 members (excludes halogenated alkanes) is 1. The van der Waals surface area contributed by atoms with Gasteiger partial charge in [-0.15, -0.1) is 0 Å². The summed E-state index contributed by atoms with van der Waals surface area (Å²) < 4.78 is 5.48. The molecule has 1 fully saturated rings. The van der Waals surface area contributed by atoms with Crippen LogP contribution in [0.1, 0.15) is 35.9 Å². The zero-order valence-corrected chi connectivity index (χ0v) is 17.9. The normalized spacial score (nSPS) is 14.1. The van der Waals surface area contributed by atoms with Crippen LogP contribution in [0.2, 0.25) is 0 Å². The summed E-state index contributed by atoms with van der Waals surface area (Å²) in [5.74, 6) is 1.45. The zero-order chi connectivity index (χ0) is 20.8. The van der Waals surface area contributed by atoms with Crippen molar-refractivity contribution in [3.05, 3.63) is 41.7 Å². The molecule has 0 unspecified atom stereocenters. The Bertz CT molecular complexity index is 834. The highest BCUT2D eigenvalue weighted by Crippen LogP contribution is 2.28. The van der Waals surface area contributed by atoms with Gasteiger partial charge in [-0.3, -0.25) is 4.79 Å². The largest absolute Gasteiger partial charge is 0.495 e. The van der Waals surface area contributed by atoms with Crippen molar-refractivity contribution in [2.75, 3.05) is 56.7 Å². The molecule has 0 spiro atoms. The molecule has 2 heterocycles. The standard InChI is InChI=1S/C22H31N5O2/c1-5-6-11-25(3)22-23-17(2)16-18(24-22)21(28)27-14-12-26(13-15-27)19-9-7-8-10-20(19)29-4/h7-10,16H,5-6,11-15H2,1-4H3. The second-order valence-electron chi connectivity index (χ2n) is 7.42. The fraction of sp³-hybridized carbons (Fsp3) is 0.500. The van der Waals surface area contributed by atoms with Gasteiger partial charge in [-0.1, -0.05) is 25.5 Å². The molecule has 1 aliphatic rings. The van der Waals surface area contributed by atoms with Gasteiger partial charge in [0.25, 0.3) is 5.91 Å². The lowest BCUT2D eigenvalue weighted by atomic mass is 10.2. The number of para-hydroxylation sites is 2. The quantitative estimate of drug-likeness (QED) is 0.716. The van der Waals surface area contributed by atoms with Crippen molar-refractivity contribution in [2.45, 2.75) is 26.7 Å². The van der Waals surface area contributed by atoms with Gasteiger partial charge >= 0.3 is 0 Å². The summed E-state index contributed by atoms with van der Waals surface area (Å²) >= 11 is 0. The molecule has 0 aliphatic carbocycles. The van der Waals surface area contributed by atoms with Crippen LogP contribution >= 0.6 is 0 Å². The number of carbonyl (C=O) groups is 1. The molecule has 0 atom stereocenters. The van der Waals surface area contributed by atoms with Crippen molar-refractivity contribution < 1.29 is 9.53 Å². The van der Waals surface area contributed by atoms with Gasteiger partial charge in [0.2, 0.25) is 5.95 Å². The zero-order valence-electron chi connectivity index (χ0n) is 17.9. The summed E-state index contributed by atoms with van der Waals surface area (Å²) in [6.07, 6.45) is 2.18. The third-order valence-corrected chi connectivity index (χ3v) is 5.24. The first-order chi connectivity index (χ1) is 14.0. The molecular formula is C22H31N5O2. The number of nitrogens with zero attached hydrogens (tertiary/aromatic N) is 5. The van der Waals surface area contributed by atoms with Crippen LogP contribution in [0, 0.1) is 6.92 Å². The first-order valence-corrected chi connectivity index (χ1v) is 10.3. The topological polar surface area (TPSA) is 61.8 Å². The molecule has 7 heteroatoms. The number of piperazine rings is 1. The Kier molecular flexibility index (Phi) is 6.90. The van der Waals surface area contributed by atoms with Crippen LogP contribution in [-0.4, -0.2) is 67.7 Å². The molecule has 1 aromatic heterocycles. The highest BCUT2D eigenvalue weighted by atomic mass is 16.5. The van der Waals surface area contributed by atoms with Gasteiger partial charge in [0, 0.05) is 45.5 Å². The Morgan fingerprint density at radius 3 is 2.59 bits per heavy atom. The van der Waals surface area contributed by atoms with E-state index in [9.17, 15) is 4.79 Å². The molecule has 156 valence electrons. The summed E-state index contributed by atoms with van der Waals surface area (Å²) in [6.45, 7) is 7.78. The first-order valence-electron chi connectivity index (χ1n) is 10.3. The van der Waals surface area contributed by atoms with E-state index in [1.165, 1.54) is 0 Å². The van der Waals surface area contributed by atoms with Crippen molar-refractivity contribution in [1.29, 1.82) is 0 Å². The van der Waals surface area contributed by atoms with Crippen LogP contribution in [0.5, 0.6) is 5.75 Å². The van der Waals surface area contributed by atoms with E-state index in [1.54, 1.807) is 13.2 Å². The van der Waals surface area contributed by atoms with Crippen LogP contribution in [0.3, 0.4) is 0 Å². The molecule has 3 rings (SSSR count). The summed E-state index contributed by atoms with van der Waals surface area (Å²) in [5, 5.41) is 0. The van der Waals surface area contributed by atoms with Crippen molar-refractivity contribution in [1.82, 2.24) is 14.9 Å². The Morgan fingerprint density at radius 1 is 1.17 bits per heavy atom. The number of aryl methyl sites for hydroxylation is 1. The molecule has 0 radical (unpaired) electrons. The van der Waals surface area contributed by atoms with E-state index in [1.807, 2.05) is 42.0 Å². The number of hydrogen-bond donors (Lipinski definition) is 0. The van der Waals surface area contributed by atoms with Crippen LogP contribution in [0.25, 0.3) is 0 Å². The first kappa shape index (κ1) is 20.9. The molecule has 1 aromatic carbocycles. The summed E-state index contributed by atoms with van der Waals surface area (Å²) in [6, 6.07) is 9.78. The Morgan fingerprint density at radius 2 is 1.90 bits per heavy atom. The molecule has 1 aliphatic heterocycles. The predicted octanol–water partition coefficient (Wildman–Crippen LogP) is 2.99. The number of carbonyl (C=O) groups excluding carboxylic acids is 1. The maximum absolute atomic E-state index is 13.1. The van der Waals surface area contributed by atoms with Crippen molar-refractivity contribution >= 4 is 17.5 Å². The van der Waals surface area contributed by atoms with Gasteiger partial charge < -0.3 is 19.4 Å². The molecule has 0 N–H and O–H groups in total. The van der Waals surface area contributed by atoms with Crippen LogP contribution < -0.4 is 14.5 Å². The monoisotopic (exact) mass is 397 g/mol. The Labute approximate surface area is 173 Å². The minimum absolute atomic E-state index is 0.0275. The number of benzene rings is 1. The van der Waals surface area contributed by atoms with E-state index in [2.05, 4.69) is 27.9 Å². The summed E-state index contributed by atoms with van der Waals surface area (Å²) in [7, 11) is 3.66. The van der Waals surface area contributed by atoms with Gasteiger partial charge in [0.05, 0.1) is 12.8 Å². The number of ether oxygens (including phenoxy) is 1. The third kappa shape index (κ3) is 4.96. The van der Waals surface area contributed by atoms with Crippen molar-refractivity contribution in [3.63, 3.8) is 0 Å². The van der Waals surface area contributed by atoms with Gasteiger partial charge in [0.1, 0.15) is 11.4 Å². The maximum Gasteiger partial charge on any atom is 0.272 e. The van der Waals surface area contributed by atoms with Crippen molar-refractivity contribution in [2.24, 2.45) is 0 Å². The van der Waals surface area contributed by atoms with Gasteiger partial charge in [-0.2, -0.15) is 0 Å². The molecule has 0 saturated carbocycles. The maximum atomic E-state index is 13.1. The lowest BCUT2D eigenvalue weighted by Gasteiger charge is -2.36. The lowest BCUT2D eigenvalue weighted by Crippen LogP contribution is -2.49. The Balaban J connectivity index is 1.68. The fourth-order valence-electron chi connectivity index (χ4n) is 3.53. The molecule has 2 aromatic rings. The number of rotatable bonds is 7. The molecule has 7 nitrogen and oxygen atoms in total. The van der Waals surface area contributed by atoms with E-state index in [-0.39, 0.29) is 5.91 Å². The lowest BCUT2D eigenvalue weighted by molar-refractivity contribution is 0.0740. The molecule has 29 heavy (non-hydrogen) atoms. The highest BCUT2D eigenvalue weighted by Gasteiger charge is 2.25. The van der Waals surface area contributed by atoms with E-state index in [4.69, 9.17) is 4.74 Å². The summed E-state index contributed by atoms with van der Waals surface area (Å²) in [4.78, 5) is 28.3. The second-order valence-corrected chi connectivity index (χ2v) is 7.42. The average Bonchev–Trinajstić information content (AvgIpc) is 2.76. The second kappa shape index (κ2) is 9.58. The van der Waals surface area contributed by atoms with Gasteiger partial charge in [0.15, 0.2) is 0 Å². The van der Waals surface area contributed by atoms with E-state index in [0.717, 1.165) is 49.6 Å².